The second-order valence-electron chi connectivity index (χ2n) is 6.56. The Hall–Kier alpha value is -4.02. The van der Waals surface area contributed by atoms with Crippen LogP contribution in [0.15, 0.2) is 60.2 Å². The molecule has 1 N–H and O–H groups in total. The molecule has 0 radical (unpaired) electrons. The van der Waals surface area contributed by atoms with Crippen LogP contribution in [0.1, 0.15) is 16.7 Å². The number of ether oxygens (including phenoxy) is 1. The van der Waals surface area contributed by atoms with Crippen molar-refractivity contribution in [3.8, 4) is 24.2 Å². The molecule has 29 heavy (non-hydrogen) atoms. The van der Waals surface area contributed by atoms with Crippen molar-refractivity contribution < 1.29 is 9.53 Å². The molecule has 0 saturated carbocycles. The Morgan fingerprint density at radius 3 is 2.69 bits per heavy atom. The normalized spacial score (nSPS) is 10.8. The summed E-state index contributed by atoms with van der Waals surface area (Å²) in [5.74, 6) is 2.49. The minimum Gasteiger partial charge on any atom is -0.480 e. The quantitative estimate of drug-likeness (QED) is 0.384. The van der Waals surface area contributed by atoms with Crippen molar-refractivity contribution in [2.45, 2.75) is 13.8 Å². The zero-order valence-corrected chi connectivity index (χ0v) is 16.3. The van der Waals surface area contributed by atoms with Gasteiger partial charge in [0, 0.05) is 11.3 Å². The average Bonchev–Trinajstić information content (AvgIpc) is 2.74. The third-order valence-electron chi connectivity index (χ3n) is 4.75. The molecular formula is C25H20N2O2. The molecule has 3 aromatic rings. The molecule has 0 spiro atoms. The molecule has 0 heterocycles. The molecule has 3 aromatic carbocycles. The Morgan fingerprint density at radius 2 is 1.93 bits per heavy atom. The lowest BCUT2D eigenvalue weighted by atomic mass is 10.0. The molecular weight excluding hydrogens is 360 g/mol. The van der Waals surface area contributed by atoms with Crippen LogP contribution < -0.4 is 10.1 Å². The highest BCUT2D eigenvalue weighted by molar-refractivity contribution is 6.11. The summed E-state index contributed by atoms with van der Waals surface area (Å²) in [7, 11) is 0. The number of amides is 1. The maximum Gasteiger partial charge on any atom is 0.266 e. The fourth-order valence-electron chi connectivity index (χ4n) is 3.04. The minimum absolute atomic E-state index is 0.0205. The SMILES string of the molecule is C#CCOc1ccc2ccccc2c1/C=C(\C#N)C(=O)Nc1cccc(C)c1C. The molecule has 3 rings (SSSR count). The van der Waals surface area contributed by atoms with E-state index in [4.69, 9.17) is 11.2 Å². The average molecular weight is 380 g/mol. The first kappa shape index (κ1) is 19.7. The van der Waals surface area contributed by atoms with Crippen LogP contribution in [-0.4, -0.2) is 12.5 Å². The van der Waals surface area contributed by atoms with Gasteiger partial charge >= 0.3 is 0 Å². The summed E-state index contributed by atoms with van der Waals surface area (Å²) in [6.07, 6.45) is 6.87. The van der Waals surface area contributed by atoms with E-state index in [1.807, 2.05) is 68.4 Å². The number of nitriles is 1. The van der Waals surface area contributed by atoms with Crippen LogP contribution in [0.4, 0.5) is 5.69 Å². The van der Waals surface area contributed by atoms with E-state index in [-0.39, 0.29) is 12.2 Å². The summed E-state index contributed by atoms with van der Waals surface area (Å²) in [6, 6.07) is 19.1. The molecule has 0 aliphatic carbocycles. The summed E-state index contributed by atoms with van der Waals surface area (Å²) in [4.78, 5) is 12.8. The van der Waals surface area contributed by atoms with E-state index in [0.29, 0.717) is 17.0 Å². The van der Waals surface area contributed by atoms with Gasteiger partial charge in [0.05, 0.1) is 0 Å². The van der Waals surface area contributed by atoms with Crippen molar-refractivity contribution in [2.75, 3.05) is 11.9 Å². The number of carbonyl (C=O) groups excluding carboxylic acids is 1. The summed E-state index contributed by atoms with van der Waals surface area (Å²) in [5, 5.41) is 14.3. The van der Waals surface area contributed by atoms with Gasteiger partial charge in [0.15, 0.2) is 0 Å². The van der Waals surface area contributed by atoms with Gasteiger partial charge in [0.25, 0.3) is 5.91 Å². The van der Waals surface area contributed by atoms with Gasteiger partial charge in [0.1, 0.15) is 24.0 Å². The topological polar surface area (TPSA) is 62.1 Å². The molecule has 142 valence electrons. The van der Waals surface area contributed by atoms with E-state index < -0.39 is 5.91 Å². The maximum atomic E-state index is 12.8. The summed E-state index contributed by atoms with van der Waals surface area (Å²) >= 11 is 0. The van der Waals surface area contributed by atoms with Crippen LogP contribution in [0.3, 0.4) is 0 Å². The van der Waals surface area contributed by atoms with Gasteiger partial charge in [-0.3, -0.25) is 4.79 Å². The fourth-order valence-corrected chi connectivity index (χ4v) is 3.04. The van der Waals surface area contributed by atoms with Gasteiger partial charge in [-0.2, -0.15) is 5.26 Å². The number of nitrogens with zero attached hydrogens (tertiary/aromatic N) is 1. The van der Waals surface area contributed by atoms with Crippen LogP contribution in [0.25, 0.3) is 16.8 Å². The lowest BCUT2D eigenvalue weighted by molar-refractivity contribution is -0.112. The lowest BCUT2D eigenvalue weighted by Crippen LogP contribution is -2.14. The monoisotopic (exact) mass is 380 g/mol. The van der Waals surface area contributed by atoms with E-state index in [0.717, 1.165) is 21.9 Å². The van der Waals surface area contributed by atoms with E-state index in [1.54, 1.807) is 12.1 Å². The smallest absolute Gasteiger partial charge is 0.266 e. The molecule has 0 aliphatic heterocycles. The van der Waals surface area contributed by atoms with Gasteiger partial charge in [0.2, 0.25) is 0 Å². The van der Waals surface area contributed by atoms with Crippen molar-refractivity contribution in [1.82, 2.24) is 0 Å². The number of anilines is 1. The molecule has 0 bridgehead atoms. The number of aryl methyl sites for hydroxylation is 1. The Labute approximate surface area is 170 Å². The summed E-state index contributed by atoms with van der Waals surface area (Å²) in [6.45, 7) is 3.99. The molecule has 4 heteroatoms. The number of nitrogens with one attached hydrogen (secondary N) is 1. The second-order valence-corrected chi connectivity index (χ2v) is 6.56. The standard InChI is InChI=1S/C25H20N2O2/c1-4-14-29-24-13-12-19-9-5-6-10-21(19)22(24)15-20(16-26)25(28)27-23-11-7-8-17(2)18(23)3/h1,5-13,15H,14H2,2-3H3,(H,27,28)/b20-15+. The number of benzene rings is 3. The molecule has 0 atom stereocenters. The first-order chi connectivity index (χ1) is 14.0. The zero-order valence-electron chi connectivity index (χ0n) is 16.3. The predicted molar refractivity (Wildman–Crippen MR) is 116 cm³/mol. The number of hydrogen-bond acceptors (Lipinski definition) is 3. The van der Waals surface area contributed by atoms with Gasteiger partial charge in [-0.1, -0.05) is 48.4 Å². The number of hydrogen-bond donors (Lipinski definition) is 1. The molecule has 0 saturated heterocycles. The highest BCUT2D eigenvalue weighted by atomic mass is 16.5. The van der Waals surface area contributed by atoms with Crippen molar-refractivity contribution in [3.63, 3.8) is 0 Å². The number of terminal acetylenes is 1. The second kappa shape index (κ2) is 8.78. The highest BCUT2D eigenvalue weighted by Crippen LogP contribution is 2.30. The summed E-state index contributed by atoms with van der Waals surface area (Å²) in [5.41, 5.74) is 3.32. The molecule has 0 unspecified atom stereocenters. The predicted octanol–water partition coefficient (Wildman–Crippen LogP) is 5.01. The van der Waals surface area contributed by atoms with Gasteiger partial charge < -0.3 is 10.1 Å². The van der Waals surface area contributed by atoms with Gasteiger partial charge in [-0.15, -0.1) is 6.42 Å². The van der Waals surface area contributed by atoms with Crippen molar-refractivity contribution in [1.29, 1.82) is 5.26 Å². The Bertz CT molecular complexity index is 1190. The highest BCUT2D eigenvalue weighted by Gasteiger charge is 2.14. The van der Waals surface area contributed by atoms with E-state index in [2.05, 4.69) is 11.2 Å². The van der Waals surface area contributed by atoms with Gasteiger partial charge in [-0.05, 0) is 54.0 Å². The van der Waals surface area contributed by atoms with Crippen LogP contribution in [0, 0.1) is 37.5 Å². The number of carbonyl (C=O) groups is 1. The number of rotatable bonds is 5. The van der Waals surface area contributed by atoms with Crippen LogP contribution in [0.2, 0.25) is 0 Å². The summed E-state index contributed by atoms with van der Waals surface area (Å²) < 4.78 is 5.65. The van der Waals surface area contributed by atoms with Crippen LogP contribution >= 0.6 is 0 Å². The van der Waals surface area contributed by atoms with Crippen molar-refractivity contribution >= 4 is 28.4 Å². The fraction of sp³-hybridized carbons (Fsp3) is 0.120. The van der Waals surface area contributed by atoms with Gasteiger partial charge in [-0.25, -0.2) is 0 Å². The molecule has 1 amide bonds. The molecule has 0 aliphatic rings. The molecule has 0 aromatic heterocycles. The lowest BCUT2D eigenvalue weighted by Gasteiger charge is -2.12. The minimum atomic E-state index is -0.475. The largest absolute Gasteiger partial charge is 0.480 e. The van der Waals surface area contributed by atoms with Crippen molar-refractivity contribution in [2.24, 2.45) is 0 Å². The Balaban J connectivity index is 2.05. The van der Waals surface area contributed by atoms with E-state index in [9.17, 15) is 10.1 Å². The first-order valence-corrected chi connectivity index (χ1v) is 9.12. The van der Waals surface area contributed by atoms with Crippen LogP contribution in [-0.2, 0) is 4.79 Å². The zero-order chi connectivity index (χ0) is 20.8. The first-order valence-electron chi connectivity index (χ1n) is 9.12. The van der Waals surface area contributed by atoms with E-state index in [1.165, 1.54) is 0 Å². The molecule has 0 fully saturated rings. The third-order valence-corrected chi connectivity index (χ3v) is 4.75. The van der Waals surface area contributed by atoms with Crippen molar-refractivity contribution in [3.05, 3.63) is 76.9 Å². The third kappa shape index (κ3) is 4.29. The van der Waals surface area contributed by atoms with Crippen LogP contribution in [0.5, 0.6) is 5.75 Å². The Morgan fingerprint density at radius 1 is 1.14 bits per heavy atom. The number of fused-ring (bicyclic) bond motifs is 1. The molecule has 4 nitrogen and oxygen atoms in total. The Kier molecular flexibility index (Phi) is 5.97. The maximum absolute atomic E-state index is 12.8. The van der Waals surface area contributed by atoms with E-state index >= 15 is 0 Å².